The van der Waals surface area contributed by atoms with Crippen LogP contribution in [0.3, 0.4) is 0 Å². The van der Waals surface area contributed by atoms with Crippen LogP contribution in [0.5, 0.6) is 0 Å². The zero-order valence-corrected chi connectivity index (χ0v) is 14.0. The van der Waals surface area contributed by atoms with Gasteiger partial charge in [-0.1, -0.05) is 0 Å². The van der Waals surface area contributed by atoms with Crippen molar-refractivity contribution >= 4 is 11.9 Å². The number of aliphatic carboxylic acids is 1. The summed E-state index contributed by atoms with van der Waals surface area (Å²) < 4.78 is 5.42. The van der Waals surface area contributed by atoms with E-state index in [0.29, 0.717) is 13.0 Å². The quantitative estimate of drug-likeness (QED) is 0.845. The van der Waals surface area contributed by atoms with Gasteiger partial charge in [0.15, 0.2) is 0 Å². The minimum Gasteiger partial charge on any atom is -0.480 e. The number of carbonyl (C=O) groups is 2. The van der Waals surface area contributed by atoms with Crippen molar-refractivity contribution in [1.29, 1.82) is 0 Å². The summed E-state index contributed by atoms with van der Waals surface area (Å²) in [6, 6.07) is -0.630. The van der Waals surface area contributed by atoms with Crippen molar-refractivity contribution in [2.75, 3.05) is 39.4 Å². The first-order valence-electron chi connectivity index (χ1n) is 8.79. The number of ether oxygens (including phenoxy) is 1. The van der Waals surface area contributed by atoms with Gasteiger partial charge in [0.25, 0.3) is 0 Å². The molecule has 0 aromatic rings. The molecule has 1 atom stereocenters. The van der Waals surface area contributed by atoms with Gasteiger partial charge in [-0.15, -0.1) is 0 Å². The predicted octanol–water partition coefficient (Wildman–Crippen LogP) is 1.20. The highest BCUT2D eigenvalue weighted by Crippen LogP contribution is 2.43. The molecule has 3 heterocycles. The standard InChI is InChI=1S/C17H28N2O4/c1-13(20)19-12-17(10-15(19)16(21)22)4-6-18(7-5-17)11-14-2-8-23-9-3-14/h14-15H,2-12H2,1H3,(H,21,22)/t15-/m0/s1. The van der Waals surface area contributed by atoms with E-state index in [4.69, 9.17) is 4.74 Å². The van der Waals surface area contributed by atoms with E-state index in [2.05, 4.69) is 4.90 Å². The number of amides is 1. The van der Waals surface area contributed by atoms with Crippen molar-refractivity contribution in [3.05, 3.63) is 0 Å². The van der Waals surface area contributed by atoms with Gasteiger partial charge in [-0.3, -0.25) is 4.79 Å². The summed E-state index contributed by atoms with van der Waals surface area (Å²) in [7, 11) is 0. The SMILES string of the molecule is CC(=O)N1CC2(CCN(CC3CCOCC3)CC2)C[C@H]1C(=O)O. The van der Waals surface area contributed by atoms with Crippen LogP contribution in [0.1, 0.15) is 39.0 Å². The summed E-state index contributed by atoms with van der Waals surface area (Å²) in [4.78, 5) is 27.3. The van der Waals surface area contributed by atoms with Crippen molar-refractivity contribution < 1.29 is 19.4 Å². The molecular formula is C17H28N2O4. The third-order valence-corrected chi connectivity index (χ3v) is 5.97. The van der Waals surface area contributed by atoms with Crippen LogP contribution in [0.15, 0.2) is 0 Å². The van der Waals surface area contributed by atoms with Crippen LogP contribution in [0.2, 0.25) is 0 Å². The Bertz CT molecular complexity index is 430. The normalized spacial score (nSPS) is 29.1. The lowest BCUT2D eigenvalue weighted by Crippen LogP contribution is -2.44. The van der Waals surface area contributed by atoms with Crippen LogP contribution in [0.25, 0.3) is 0 Å². The van der Waals surface area contributed by atoms with Gasteiger partial charge in [0.2, 0.25) is 5.91 Å². The molecule has 1 N–H and O–H groups in total. The second-order valence-electron chi connectivity index (χ2n) is 7.56. The van der Waals surface area contributed by atoms with Crippen LogP contribution in [-0.4, -0.2) is 72.2 Å². The number of hydrogen-bond acceptors (Lipinski definition) is 4. The zero-order chi connectivity index (χ0) is 16.4. The Kier molecular flexibility index (Phi) is 4.92. The maximum atomic E-state index is 11.8. The Labute approximate surface area is 137 Å². The molecule has 3 fully saturated rings. The van der Waals surface area contributed by atoms with Gasteiger partial charge < -0.3 is 19.6 Å². The van der Waals surface area contributed by atoms with Crippen molar-refractivity contribution in [3.8, 4) is 0 Å². The van der Waals surface area contributed by atoms with E-state index >= 15 is 0 Å². The Morgan fingerprint density at radius 1 is 1.22 bits per heavy atom. The fourth-order valence-electron chi connectivity index (χ4n) is 4.47. The van der Waals surface area contributed by atoms with Gasteiger partial charge >= 0.3 is 5.97 Å². The molecule has 0 saturated carbocycles. The zero-order valence-electron chi connectivity index (χ0n) is 14.0. The summed E-state index contributed by atoms with van der Waals surface area (Å²) >= 11 is 0. The van der Waals surface area contributed by atoms with Gasteiger partial charge in [-0.25, -0.2) is 4.79 Å². The van der Waals surface area contributed by atoms with Gasteiger partial charge in [0.05, 0.1) is 0 Å². The minimum atomic E-state index is -0.860. The molecule has 6 nitrogen and oxygen atoms in total. The van der Waals surface area contributed by atoms with E-state index in [0.717, 1.165) is 64.4 Å². The third kappa shape index (κ3) is 3.69. The topological polar surface area (TPSA) is 70.1 Å². The van der Waals surface area contributed by atoms with Gasteiger partial charge in [-0.05, 0) is 56.5 Å². The Balaban J connectivity index is 1.55. The summed E-state index contributed by atoms with van der Waals surface area (Å²) in [6.07, 6.45) is 4.93. The highest BCUT2D eigenvalue weighted by atomic mass is 16.5. The highest BCUT2D eigenvalue weighted by molar-refractivity contribution is 5.83. The van der Waals surface area contributed by atoms with E-state index in [1.807, 2.05) is 0 Å². The van der Waals surface area contributed by atoms with Gasteiger partial charge in [0, 0.05) is 33.2 Å². The molecule has 0 unspecified atom stereocenters. The lowest BCUT2D eigenvalue weighted by atomic mass is 9.76. The van der Waals surface area contributed by atoms with E-state index in [9.17, 15) is 14.7 Å². The summed E-state index contributed by atoms with van der Waals surface area (Å²) in [5, 5.41) is 9.40. The number of rotatable bonds is 3. The number of likely N-dealkylation sites (tertiary alicyclic amines) is 2. The van der Waals surface area contributed by atoms with Crippen molar-refractivity contribution in [2.24, 2.45) is 11.3 Å². The average Bonchev–Trinajstić information content (AvgIpc) is 2.91. The summed E-state index contributed by atoms with van der Waals surface area (Å²) in [5.74, 6) is -0.234. The number of carboxylic acids is 1. The highest BCUT2D eigenvalue weighted by Gasteiger charge is 2.49. The Hall–Kier alpha value is -1.14. The first-order chi connectivity index (χ1) is 11.0. The predicted molar refractivity (Wildman–Crippen MR) is 85.1 cm³/mol. The number of carboxylic acid groups (broad SMARTS) is 1. The molecule has 1 spiro atoms. The molecule has 3 aliphatic rings. The summed E-state index contributed by atoms with van der Waals surface area (Å²) in [5.41, 5.74) is 0.0148. The molecule has 3 aliphatic heterocycles. The minimum absolute atomic E-state index is 0.0148. The summed E-state index contributed by atoms with van der Waals surface area (Å²) in [6.45, 7) is 7.05. The van der Waals surface area contributed by atoms with Crippen molar-refractivity contribution in [3.63, 3.8) is 0 Å². The van der Waals surface area contributed by atoms with E-state index in [-0.39, 0.29) is 11.3 Å². The first-order valence-corrected chi connectivity index (χ1v) is 8.79. The molecule has 0 aliphatic carbocycles. The van der Waals surface area contributed by atoms with Crippen molar-refractivity contribution in [2.45, 2.75) is 45.1 Å². The van der Waals surface area contributed by atoms with Crippen LogP contribution >= 0.6 is 0 Å². The van der Waals surface area contributed by atoms with E-state index < -0.39 is 12.0 Å². The van der Waals surface area contributed by atoms with Gasteiger partial charge in [-0.2, -0.15) is 0 Å². The molecule has 6 heteroatoms. The monoisotopic (exact) mass is 324 g/mol. The number of piperidine rings is 1. The lowest BCUT2D eigenvalue weighted by molar-refractivity contribution is -0.147. The fraction of sp³-hybridized carbons (Fsp3) is 0.882. The molecular weight excluding hydrogens is 296 g/mol. The molecule has 0 aromatic heterocycles. The Morgan fingerprint density at radius 3 is 2.39 bits per heavy atom. The number of hydrogen-bond donors (Lipinski definition) is 1. The van der Waals surface area contributed by atoms with Crippen LogP contribution in [-0.2, 0) is 14.3 Å². The second-order valence-corrected chi connectivity index (χ2v) is 7.56. The van der Waals surface area contributed by atoms with E-state index in [1.54, 1.807) is 4.90 Å². The van der Waals surface area contributed by atoms with Crippen molar-refractivity contribution in [1.82, 2.24) is 9.80 Å². The molecule has 0 aromatic carbocycles. The Morgan fingerprint density at radius 2 is 1.87 bits per heavy atom. The average molecular weight is 324 g/mol. The van der Waals surface area contributed by atoms with Crippen LogP contribution < -0.4 is 0 Å². The maximum absolute atomic E-state index is 11.8. The third-order valence-electron chi connectivity index (χ3n) is 5.97. The molecule has 130 valence electrons. The fourth-order valence-corrected chi connectivity index (χ4v) is 4.47. The van der Waals surface area contributed by atoms with Crippen LogP contribution in [0, 0.1) is 11.3 Å². The molecule has 3 saturated heterocycles. The number of nitrogens with zero attached hydrogens (tertiary/aromatic N) is 2. The number of carbonyl (C=O) groups excluding carboxylic acids is 1. The smallest absolute Gasteiger partial charge is 0.326 e. The molecule has 1 amide bonds. The maximum Gasteiger partial charge on any atom is 0.326 e. The first kappa shape index (κ1) is 16.7. The molecule has 3 rings (SSSR count). The molecule has 0 bridgehead atoms. The largest absolute Gasteiger partial charge is 0.480 e. The lowest BCUT2D eigenvalue weighted by Gasteiger charge is -2.40. The van der Waals surface area contributed by atoms with E-state index in [1.165, 1.54) is 6.92 Å². The molecule has 23 heavy (non-hydrogen) atoms. The van der Waals surface area contributed by atoms with Gasteiger partial charge in [0.1, 0.15) is 6.04 Å². The van der Waals surface area contributed by atoms with Crippen LogP contribution in [0.4, 0.5) is 0 Å². The second kappa shape index (κ2) is 6.77. The molecule has 0 radical (unpaired) electrons.